The second-order valence-corrected chi connectivity index (χ2v) is 12.4. The molecule has 14 nitrogen and oxygen atoms in total. The molecule has 0 aliphatic rings. The topological polar surface area (TPSA) is 199 Å². The van der Waals surface area contributed by atoms with Crippen molar-refractivity contribution < 1.29 is 52.2 Å². The van der Waals surface area contributed by atoms with Gasteiger partial charge in [0.15, 0.2) is 5.82 Å². The van der Waals surface area contributed by atoms with Crippen LogP contribution in [-0.4, -0.2) is 52.4 Å². The Morgan fingerprint density at radius 1 is 1.23 bits per heavy atom. The Morgan fingerprint density at radius 2 is 1.91 bits per heavy atom. The zero-order valence-corrected chi connectivity index (χ0v) is 28.7. The van der Waals surface area contributed by atoms with Gasteiger partial charge < -0.3 is 14.8 Å². The van der Waals surface area contributed by atoms with Gasteiger partial charge in [0, 0.05) is 48.0 Å². The second-order valence-electron chi connectivity index (χ2n) is 10.5. The number of amides is 1. The fourth-order valence-electron chi connectivity index (χ4n) is 4.22. The van der Waals surface area contributed by atoms with Crippen molar-refractivity contribution in [1.82, 2.24) is 9.78 Å². The van der Waals surface area contributed by atoms with Gasteiger partial charge in [-0.15, -0.1) is 10.2 Å². The molecule has 0 radical (unpaired) electrons. The van der Waals surface area contributed by atoms with Gasteiger partial charge in [-0.3, -0.25) is 14.9 Å². The van der Waals surface area contributed by atoms with Gasteiger partial charge >= 0.3 is 29.6 Å². The van der Waals surface area contributed by atoms with E-state index >= 15 is 0 Å². The van der Waals surface area contributed by atoms with Gasteiger partial charge in [0.1, 0.15) is 23.0 Å². The van der Waals surface area contributed by atoms with E-state index in [1.165, 1.54) is 29.8 Å². The quantitative estimate of drug-likeness (QED) is 0.106. The minimum absolute atomic E-state index is 0. The molecule has 0 saturated carbocycles. The molecule has 1 N–H and O–H groups in total. The van der Waals surface area contributed by atoms with E-state index in [0.29, 0.717) is 17.9 Å². The first-order valence-electron chi connectivity index (χ1n) is 13.1. The minimum atomic E-state index is -4.36. The normalized spacial score (nSPS) is 11.6. The molecular weight excluding hydrogens is 623 g/mol. The van der Waals surface area contributed by atoms with Crippen LogP contribution in [0.1, 0.15) is 52.3 Å². The first-order chi connectivity index (χ1) is 20.1. The average Bonchev–Trinajstić information content (AvgIpc) is 3.28. The number of azo groups is 1. The van der Waals surface area contributed by atoms with Crippen molar-refractivity contribution in [3.63, 3.8) is 0 Å². The standard InChI is InChI=1S/C27H31ClN8O6S.Na/c1-6-34(12-7-13-43(40,41)42)19-9-10-21(22(15-19)30-17(2)37)31-32-26-20(16-29)25(27(3,4)5)33-35(26)23-11-8-18(28)14-24(23)36(38)39;/h8-11,14-15H,6-7,12-13H2,1-5H3,(H,30,37)(H,40,41,42);/q;+1/p-1. The van der Waals surface area contributed by atoms with Gasteiger partial charge in [0.25, 0.3) is 5.69 Å². The first-order valence-corrected chi connectivity index (χ1v) is 15.0. The molecule has 17 heteroatoms. The molecule has 3 rings (SSSR count). The van der Waals surface area contributed by atoms with E-state index in [1.807, 2.05) is 32.6 Å². The van der Waals surface area contributed by atoms with Crippen LogP contribution in [-0.2, 0) is 20.3 Å². The Morgan fingerprint density at radius 3 is 2.45 bits per heavy atom. The summed E-state index contributed by atoms with van der Waals surface area (Å²) in [5.74, 6) is -0.973. The van der Waals surface area contributed by atoms with Crippen molar-refractivity contribution in [2.45, 2.75) is 46.5 Å². The van der Waals surface area contributed by atoms with Crippen molar-refractivity contribution >= 4 is 56.2 Å². The third-order valence-electron chi connectivity index (χ3n) is 6.16. The van der Waals surface area contributed by atoms with Gasteiger partial charge in [0.2, 0.25) is 5.91 Å². The molecule has 3 aromatic rings. The molecule has 1 heterocycles. The molecule has 2 aromatic carbocycles. The number of rotatable bonds is 11. The maximum Gasteiger partial charge on any atom is 1.00 e. The van der Waals surface area contributed by atoms with Crippen molar-refractivity contribution in [2.24, 2.45) is 10.2 Å². The predicted molar refractivity (Wildman–Crippen MR) is 161 cm³/mol. The Kier molecular flexibility index (Phi) is 12.6. The summed E-state index contributed by atoms with van der Waals surface area (Å²) in [4.78, 5) is 25.1. The average molecular weight is 653 g/mol. The summed E-state index contributed by atoms with van der Waals surface area (Å²) in [7, 11) is -4.36. The number of nitro benzene ring substituents is 1. The molecule has 0 unspecified atom stereocenters. The SMILES string of the molecule is CCN(CCCS(=O)(=O)[O-])c1ccc(N=Nc2c(C#N)c(C(C)(C)C)nn2-c2ccc(Cl)cc2[N+](=O)[O-])c(NC(C)=O)c1.[Na+]. The third kappa shape index (κ3) is 9.31. The molecule has 1 aromatic heterocycles. The Hall–Kier alpha value is -3.39. The van der Waals surface area contributed by atoms with E-state index in [9.17, 15) is 33.1 Å². The van der Waals surface area contributed by atoms with Crippen LogP contribution in [0.5, 0.6) is 0 Å². The molecule has 0 bridgehead atoms. The largest absolute Gasteiger partial charge is 1.00 e. The van der Waals surface area contributed by atoms with Gasteiger partial charge in [-0.25, -0.2) is 13.1 Å². The van der Waals surface area contributed by atoms with E-state index in [0.717, 1.165) is 0 Å². The van der Waals surface area contributed by atoms with Crippen LogP contribution < -0.4 is 39.8 Å². The monoisotopic (exact) mass is 652 g/mol. The maximum absolute atomic E-state index is 12.0. The van der Waals surface area contributed by atoms with Gasteiger partial charge in [0.05, 0.1) is 26.4 Å². The summed E-state index contributed by atoms with van der Waals surface area (Å²) in [6, 6.07) is 11.0. The molecule has 0 atom stereocenters. The van der Waals surface area contributed by atoms with E-state index in [4.69, 9.17) is 11.6 Å². The van der Waals surface area contributed by atoms with E-state index in [2.05, 4.69) is 26.7 Å². The van der Waals surface area contributed by atoms with E-state index in [-0.39, 0.29) is 81.7 Å². The number of nitro groups is 1. The number of halogens is 1. The van der Waals surface area contributed by atoms with Crippen molar-refractivity contribution in [3.05, 3.63) is 62.8 Å². The fourth-order valence-corrected chi connectivity index (χ4v) is 4.87. The zero-order chi connectivity index (χ0) is 32.1. The van der Waals surface area contributed by atoms with Crippen LogP contribution >= 0.6 is 11.6 Å². The number of anilines is 2. The maximum atomic E-state index is 12.0. The van der Waals surface area contributed by atoms with Crippen molar-refractivity contribution in [2.75, 3.05) is 29.1 Å². The zero-order valence-electron chi connectivity index (χ0n) is 25.2. The number of nitrogens with one attached hydrogen (secondary N) is 1. The van der Waals surface area contributed by atoms with Crippen LogP contribution in [0.4, 0.5) is 28.6 Å². The third-order valence-corrected chi connectivity index (χ3v) is 7.18. The number of aromatic nitrogens is 2. The summed E-state index contributed by atoms with van der Waals surface area (Å²) in [6.45, 7) is 9.41. The fraction of sp³-hybridized carbons (Fsp3) is 0.370. The second kappa shape index (κ2) is 15.1. The van der Waals surface area contributed by atoms with E-state index < -0.39 is 32.1 Å². The van der Waals surface area contributed by atoms with Gasteiger partial charge in [-0.05, 0) is 43.7 Å². The Labute approximate surface area is 282 Å². The molecule has 0 aliphatic carbocycles. The molecular formula is C27H30ClN8NaO6S. The molecule has 0 spiro atoms. The van der Waals surface area contributed by atoms with Gasteiger partial charge in [-0.2, -0.15) is 10.4 Å². The van der Waals surface area contributed by atoms with Crippen LogP contribution in [0.2, 0.25) is 5.02 Å². The van der Waals surface area contributed by atoms with E-state index in [1.54, 1.807) is 18.2 Å². The molecule has 0 aliphatic heterocycles. The molecule has 0 saturated heterocycles. The van der Waals surface area contributed by atoms with Crippen LogP contribution in [0, 0.1) is 21.4 Å². The number of nitrogens with zero attached hydrogens (tertiary/aromatic N) is 7. The van der Waals surface area contributed by atoms with Crippen LogP contribution in [0.15, 0.2) is 46.6 Å². The molecule has 44 heavy (non-hydrogen) atoms. The van der Waals surface area contributed by atoms with Crippen molar-refractivity contribution in [3.8, 4) is 11.8 Å². The summed E-state index contributed by atoms with van der Waals surface area (Å²) >= 11 is 6.01. The number of hydrogen-bond acceptors (Lipinski definition) is 11. The van der Waals surface area contributed by atoms with Crippen LogP contribution in [0.25, 0.3) is 5.69 Å². The Balaban J connectivity index is 0.00000675. The van der Waals surface area contributed by atoms with Crippen LogP contribution in [0.3, 0.4) is 0 Å². The minimum Gasteiger partial charge on any atom is -0.748 e. The number of benzene rings is 2. The number of carbonyl (C=O) groups excluding carboxylic acids is 1. The number of hydrogen-bond donors (Lipinski definition) is 1. The summed E-state index contributed by atoms with van der Waals surface area (Å²) in [5, 5.41) is 37.9. The molecule has 228 valence electrons. The summed E-state index contributed by atoms with van der Waals surface area (Å²) in [5.41, 5.74) is 0.518. The Bertz CT molecular complexity index is 1730. The molecule has 1 amide bonds. The van der Waals surface area contributed by atoms with Crippen molar-refractivity contribution in [1.29, 1.82) is 5.26 Å². The number of carbonyl (C=O) groups is 1. The predicted octanol–water partition coefficient (Wildman–Crippen LogP) is 2.74. The molecule has 0 fully saturated rings. The smallest absolute Gasteiger partial charge is 0.748 e. The van der Waals surface area contributed by atoms with Gasteiger partial charge in [-0.1, -0.05) is 32.4 Å². The number of nitriles is 1. The first kappa shape index (κ1) is 36.8. The summed E-state index contributed by atoms with van der Waals surface area (Å²) < 4.78 is 34.2. The summed E-state index contributed by atoms with van der Waals surface area (Å²) in [6.07, 6.45) is 0.116.